The van der Waals surface area contributed by atoms with Crippen molar-refractivity contribution in [2.24, 2.45) is 0 Å². The van der Waals surface area contributed by atoms with E-state index in [-0.39, 0.29) is 5.82 Å². The summed E-state index contributed by atoms with van der Waals surface area (Å²) in [5.41, 5.74) is 1.59. The fraction of sp³-hybridized carbons (Fsp3) is 0.357. The summed E-state index contributed by atoms with van der Waals surface area (Å²) in [5.74, 6) is 0.602. The number of imidazole rings is 1. The molecule has 0 saturated carbocycles. The molecule has 0 fully saturated rings. The highest BCUT2D eigenvalue weighted by Crippen LogP contribution is 2.15. The molecule has 2 aromatic rings. The molecule has 0 aliphatic carbocycles. The van der Waals surface area contributed by atoms with Crippen molar-refractivity contribution in [2.45, 2.75) is 33.4 Å². The lowest BCUT2D eigenvalue weighted by atomic mass is 10.2. The smallest absolute Gasteiger partial charge is 0.203 e. The van der Waals surface area contributed by atoms with Gasteiger partial charge in [0, 0.05) is 17.8 Å². The van der Waals surface area contributed by atoms with Crippen molar-refractivity contribution in [2.75, 3.05) is 5.32 Å². The lowest BCUT2D eigenvalue weighted by molar-refractivity contribution is 0.599. The highest BCUT2D eigenvalue weighted by molar-refractivity contribution is 5.31. The van der Waals surface area contributed by atoms with E-state index in [1.54, 1.807) is 12.1 Å². The van der Waals surface area contributed by atoms with E-state index in [0.29, 0.717) is 18.2 Å². The van der Waals surface area contributed by atoms with Crippen molar-refractivity contribution >= 4 is 5.95 Å². The largest absolute Gasteiger partial charge is 0.353 e. The summed E-state index contributed by atoms with van der Waals surface area (Å²) in [6.07, 6.45) is 1.93. The Kier molecular flexibility index (Phi) is 3.65. The van der Waals surface area contributed by atoms with E-state index >= 15 is 0 Å². The summed E-state index contributed by atoms with van der Waals surface area (Å²) in [6.45, 7) is 6.53. The maximum absolute atomic E-state index is 13.6. The molecule has 3 nitrogen and oxygen atoms in total. The number of anilines is 1. The van der Waals surface area contributed by atoms with E-state index in [9.17, 15) is 4.39 Å². The van der Waals surface area contributed by atoms with Crippen LogP contribution >= 0.6 is 0 Å². The van der Waals surface area contributed by atoms with Crippen molar-refractivity contribution in [1.82, 2.24) is 9.55 Å². The Balaban J connectivity index is 2.26. The first-order valence-electron chi connectivity index (χ1n) is 6.10. The molecule has 4 heteroatoms. The molecule has 0 spiro atoms. The van der Waals surface area contributed by atoms with Crippen molar-refractivity contribution in [3.8, 4) is 0 Å². The minimum Gasteiger partial charge on any atom is -0.353 e. The van der Waals surface area contributed by atoms with Crippen LogP contribution < -0.4 is 5.32 Å². The Bertz CT molecular complexity index is 532. The summed E-state index contributed by atoms with van der Waals surface area (Å²) >= 11 is 0. The molecule has 0 aliphatic rings. The number of rotatable bonds is 4. The maximum atomic E-state index is 13.6. The number of halogens is 1. The molecule has 96 valence electrons. The van der Waals surface area contributed by atoms with E-state index in [2.05, 4.69) is 24.1 Å². The monoisotopic (exact) mass is 247 g/mol. The van der Waals surface area contributed by atoms with Crippen molar-refractivity contribution in [1.29, 1.82) is 0 Å². The van der Waals surface area contributed by atoms with Crippen LogP contribution in [0.1, 0.15) is 25.1 Å². The fourth-order valence-electron chi connectivity index (χ4n) is 1.85. The van der Waals surface area contributed by atoms with Gasteiger partial charge in [-0.05, 0) is 26.8 Å². The Hall–Kier alpha value is -1.84. The molecule has 0 atom stereocenters. The Labute approximate surface area is 107 Å². The topological polar surface area (TPSA) is 29.9 Å². The van der Waals surface area contributed by atoms with E-state index in [0.717, 1.165) is 11.6 Å². The first-order chi connectivity index (χ1) is 8.56. The van der Waals surface area contributed by atoms with Gasteiger partial charge in [0.2, 0.25) is 5.95 Å². The van der Waals surface area contributed by atoms with Crippen molar-refractivity contribution in [3.05, 3.63) is 47.5 Å². The highest BCUT2D eigenvalue weighted by Gasteiger charge is 2.09. The van der Waals surface area contributed by atoms with E-state index in [1.165, 1.54) is 6.07 Å². The second-order valence-electron chi connectivity index (χ2n) is 4.72. The van der Waals surface area contributed by atoms with Gasteiger partial charge in [-0.15, -0.1) is 0 Å². The van der Waals surface area contributed by atoms with Crippen LogP contribution in [-0.2, 0) is 6.54 Å². The summed E-state index contributed by atoms with van der Waals surface area (Å²) < 4.78 is 15.6. The van der Waals surface area contributed by atoms with Gasteiger partial charge in [-0.2, -0.15) is 0 Å². The third-order valence-corrected chi connectivity index (χ3v) is 2.61. The minimum atomic E-state index is -0.181. The SMILES string of the molecule is Cc1cn(Cc2ccccc2F)c(NC(C)C)n1. The summed E-state index contributed by atoms with van der Waals surface area (Å²) in [4.78, 5) is 4.41. The molecule has 0 aliphatic heterocycles. The average molecular weight is 247 g/mol. The third-order valence-electron chi connectivity index (χ3n) is 2.61. The number of nitrogens with zero attached hydrogens (tertiary/aromatic N) is 2. The van der Waals surface area contributed by atoms with E-state index in [4.69, 9.17) is 0 Å². The van der Waals surface area contributed by atoms with Crippen molar-refractivity contribution in [3.63, 3.8) is 0 Å². The van der Waals surface area contributed by atoms with Crippen LogP contribution in [0.25, 0.3) is 0 Å². The second kappa shape index (κ2) is 5.21. The Morgan fingerprint density at radius 2 is 2.06 bits per heavy atom. The van der Waals surface area contributed by atoms with Crippen LogP contribution in [0.2, 0.25) is 0 Å². The molecule has 0 unspecified atom stereocenters. The zero-order chi connectivity index (χ0) is 13.1. The van der Waals surface area contributed by atoms with Crippen LogP contribution in [0.3, 0.4) is 0 Å². The van der Waals surface area contributed by atoms with Crippen LogP contribution in [-0.4, -0.2) is 15.6 Å². The van der Waals surface area contributed by atoms with Crippen LogP contribution in [0.15, 0.2) is 30.5 Å². The quantitative estimate of drug-likeness (QED) is 0.899. The van der Waals surface area contributed by atoms with Gasteiger partial charge >= 0.3 is 0 Å². The van der Waals surface area contributed by atoms with Gasteiger partial charge in [-0.3, -0.25) is 0 Å². The first kappa shape index (κ1) is 12.6. The predicted molar refractivity (Wildman–Crippen MR) is 71.2 cm³/mol. The molecule has 18 heavy (non-hydrogen) atoms. The number of nitrogens with one attached hydrogen (secondary N) is 1. The van der Waals surface area contributed by atoms with Gasteiger partial charge < -0.3 is 9.88 Å². The summed E-state index contributed by atoms with van der Waals surface area (Å²) in [6, 6.07) is 7.12. The molecule has 2 rings (SSSR count). The van der Waals surface area contributed by atoms with Gasteiger partial charge in [0.05, 0.1) is 12.2 Å². The number of aromatic nitrogens is 2. The molecule has 0 bridgehead atoms. The highest BCUT2D eigenvalue weighted by atomic mass is 19.1. The zero-order valence-corrected chi connectivity index (χ0v) is 10.9. The maximum Gasteiger partial charge on any atom is 0.203 e. The minimum absolute atomic E-state index is 0.181. The van der Waals surface area contributed by atoms with Crippen LogP contribution in [0.4, 0.5) is 10.3 Å². The zero-order valence-electron chi connectivity index (χ0n) is 10.9. The standard InChI is InChI=1S/C14H18FN3/c1-10(2)16-14-17-11(3)8-18(14)9-12-6-4-5-7-13(12)15/h4-8,10H,9H2,1-3H3,(H,16,17). The summed E-state index contributed by atoms with van der Waals surface area (Å²) in [5, 5.41) is 3.26. The second-order valence-corrected chi connectivity index (χ2v) is 4.72. The van der Waals surface area contributed by atoms with Gasteiger partial charge in [-0.25, -0.2) is 9.37 Å². The fourth-order valence-corrected chi connectivity index (χ4v) is 1.85. The van der Waals surface area contributed by atoms with Crippen LogP contribution in [0.5, 0.6) is 0 Å². The lowest BCUT2D eigenvalue weighted by Crippen LogP contribution is -2.15. The molecule has 0 amide bonds. The molecule has 1 aromatic carbocycles. The van der Waals surface area contributed by atoms with E-state index in [1.807, 2.05) is 23.8 Å². The third kappa shape index (κ3) is 2.88. The van der Waals surface area contributed by atoms with Crippen molar-refractivity contribution < 1.29 is 4.39 Å². The van der Waals surface area contributed by atoms with Gasteiger partial charge in [0.15, 0.2) is 0 Å². The number of benzene rings is 1. The molecule has 1 N–H and O–H groups in total. The predicted octanol–water partition coefficient (Wildman–Crippen LogP) is 3.20. The molecule has 1 heterocycles. The average Bonchev–Trinajstić information content (AvgIpc) is 2.61. The van der Waals surface area contributed by atoms with E-state index < -0.39 is 0 Å². The molecule has 1 aromatic heterocycles. The lowest BCUT2D eigenvalue weighted by Gasteiger charge is -2.12. The first-order valence-corrected chi connectivity index (χ1v) is 6.10. The van der Waals surface area contributed by atoms with Gasteiger partial charge in [0.1, 0.15) is 5.82 Å². The Morgan fingerprint density at radius 3 is 2.72 bits per heavy atom. The number of aryl methyl sites for hydroxylation is 1. The van der Waals surface area contributed by atoms with Gasteiger partial charge in [-0.1, -0.05) is 18.2 Å². The molecular weight excluding hydrogens is 229 g/mol. The number of hydrogen-bond donors (Lipinski definition) is 1. The summed E-state index contributed by atoms with van der Waals surface area (Å²) in [7, 11) is 0. The van der Waals surface area contributed by atoms with Gasteiger partial charge in [0.25, 0.3) is 0 Å². The molecular formula is C14H18FN3. The van der Waals surface area contributed by atoms with Crippen LogP contribution in [0, 0.1) is 12.7 Å². The normalized spacial score (nSPS) is 10.9. The Morgan fingerprint density at radius 1 is 1.33 bits per heavy atom. The number of hydrogen-bond acceptors (Lipinski definition) is 2. The molecule has 0 saturated heterocycles. The molecule has 0 radical (unpaired) electrons.